The summed E-state index contributed by atoms with van der Waals surface area (Å²) >= 11 is 0. The normalized spacial score (nSPS) is 10.4. The first kappa shape index (κ1) is 15.3. The van der Waals surface area contributed by atoms with Gasteiger partial charge in [-0.1, -0.05) is 25.1 Å². The number of ether oxygens (including phenoxy) is 2. The first-order valence-corrected chi connectivity index (χ1v) is 7.24. The quantitative estimate of drug-likeness (QED) is 0.757. The van der Waals surface area contributed by atoms with E-state index < -0.39 is 0 Å². The summed E-state index contributed by atoms with van der Waals surface area (Å²) in [4.78, 5) is 4.32. The van der Waals surface area contributed by atoms with E-state index in [0.29, 0.717) is 12.5 Å². The molecule has 2 aromatic rings. The van der Waals surface area contributed by atoms with Crippen LogP contribution in [0.4, 0.5) is 0 Å². The zero-order valence-electron chi connectivity index (χ0n) is 12.6. The van der Waals surface area contributed by atoms with Crippen molar-refractivity contribution in [2.24, 2.45) is 0 Å². The van der Waals surface area contributed by atoms with Crippen molar-refractivity contribution in [3.05, 3.63) is 53.7 Å². The maximum Gasteiger partial charge on any atom is 0.218 e. The van der Waals surface area contributed by atoms with Gasteiger partial charge in [0, 0.05) is 18.3 Å². The van der Waals surface area contributed by atoms with Crippen molar-refractivity contribution in [2.75, 3.05) is 13.7 Å². The van der Waals surface area contributed by atoms with Crippen molar-refractivity contribution in [3.8, 4) is 11.6 Å². The van der Waals surface area contributed by atoms with E-state index in [4.69, 9.17) is 9.47 Å². The minimum atomic E-state index is 0.481. The van der Waals surface area contributed by atoms with Gasteiger partial charge in [-0.25, -0.2) is 4.98 Å². The Kier molecular flexibility index (Phi) is 6.03. The molecule has 0 fully saturated rings. The molecule has 21 heavy (non-hydrogen) atoms. The van der Waals surface area contributed by atoms with E-state index in [2.05, 4.69) is 17.2 Å². The topological polar surface area (TPSA) is 43.4 Å². The number of nitrogens with one attached hydrogen (secondary N) is 1. The van der Waals surface area contributed by atoms with E-state index >= 15 is 0 Å². The van der Waals surface area contributed by atoms with Crippen molar-refractivity contribution in [2.45, 2.75) is 26.5 Å². The van der Waals surface area contributed by atoms with Gasteiger partial charge in [-0.2, -0.15) is 0 Å². The largest absolute Gasteiger partial charge is 0.497 e. The lowest BCUT2D eigenvalue weighted by molar-refractivity contribution is 0.289. The minimum absolute atomic E-state index is 0.481. The Morgan fingerprint density at radius 2 is 2.10 bits per heavy atom. The Bertz CT molecular complexity index is 558. The lowest BCUT2D eigenvalue weighted by Crippen LogP contribution is -2.15. The number of hydrogen-bond acceptors (Lipinski definition) is 4. The van der Waals surface area contributed by atoms with Crippen LogP contribution in [0.25, 0.3) is 0 Å². The number of methoxy groups -OCH3 is 1. The molecular weight excluding hydrogens is 264 g/mol. The highest BCUT2D eigenvalue weighted by molar-refractivity contribution is 5.29. The number of hydrogen-bond donors (Lipinski definition) is 1. The average molecular weight is 286 g/mol. The summed E-state index contributed by atoms with van der Waals surface area (Å²) in [6.07, 6.45) is 2.87. The van der Waals surface area contributed by atoms with Gasteiger partial charge in [0.1, 0.15) is 12.4 Å². The van der Waals surface area contributed by atoms with E-state index in [1.807, 2.05) is 36.4 Å². The van der Waals surface area contributed by atoms with Gasteiger partial charge in [0.2, 0.25) is 5.88 Å². The van der Waals surface area contributed by atoms with Gasteiger partial charge in [-0.15, -0.1) is 0 Å². The highest BCUT2D eigenvalue weighted by Crippen LogP contribution is 2.18. The second kappa shape index (κ2) is 8.27. The molecule has 0 atom stereocenters. The molecule has 1 N–H and O–H groups in total. The van der Waals surface area contributed by atoms with E-state index in [0.717, 1.165) is 36.4 Å². The summed E-state index contributed by atoms with van der Waals surface area (Å²) in [7, 11) is 1.66. The molecular formula is C17H22N2O2. The van der Waals surface area contributed by atoms with Crippen LogP contribution in [0, 0.1) is 0 Å². The Morgan fingerprint density at radius 3 is 2.90 bits per heavy atom. The van der Waals surface area contributed by atoms with Crippen LogP contribution in [0.3, 0.4) is 0 Å². The maximum absolute atomic E-state index is 5.85. The van der Waals surface area contributed by atoms with Gasteiger partial charge in [-0.05, 0) is 36.7 Å². The molecule has 0 bridgehead atoms. The van der Waals surface area contributed by atoms with Crippen LogP contribution in [-0.4, -0.2) is 18.6 Å². The van der Waals surface area contributed by atoms with E-state index in [9.17, 15) is 0 Å². The summed E-state index contributed by atoms with van der Waals surface area (Å²) < 4.78 is 11.1. The fourth-order valence-corrected chi connectivity index (χ4v) is 2.00. The molecule has 0 radical (unpaired) electrons. The zero-order chi connectivity index (χ0) is 14.9. The van der Waals surface area contributed by atoms with Crippen LogP contribution in [0.15, 0.2) is 42.6 Å². The predicted octanol–water partition coefficient (Wildman–Crippen LogP) is 3.17. The van der Waals surface area contributed by atoms with Gasteiger partial charge < -0.3 is 14.8 Å². The molecule has 0 amide bonds. The molecule has 0 aliphatic rings. The molecule has 0 saturated heterocycles. The van der Waals surface area contributed by atoms with E-state index in [1.165, 1.54) is 0 Å². The van der Waals surface area contributed by atoms with Crippen LogP contribution in [0.1, 0.15) is 24.5 Å². The molecule has 0 unspecified atom stereocenters. The SMILES string of the molecule is CCCNCc1cccnc1OCc1cccc(OC)c1. The van der Waals surface area contributed by atoms with Crippen LogP contribution in [0.2, 0.25) is 0 Å². The van der Waals surface area contributed by atoms with E-state index in [-0.39, 0.29) is 0 Å². The highest BCUT2D eigenvalue weighted by atomic mass is 16.5. The molecule has 0 spiro atoms. The molecule has 2 rings (SSSR count). The third-order valence-electron chi connectivity index (χ3n) is 3.10. The Hall–Kier alpha value is -2.07. The Labute approximate surface area is 126 Å². The number of benzene rings is 1. The van der Waals surface area contributed by atoms with Crippen LogP contribution in [0.5, 0.6) is 11.6 Å². The number of nitrogens with zero attached hydrogens (tertiary/aromatic N) is 1. The monoisotopic (exact) mass is 286 g/mol. The molecule has 1 aromatic heterocycles. The molecule has 0 aliphatic carbocycles. The van der Waals surface area contributed by atoms with Crippen molar-refractivity contribution in [1.82, 2.24) is 10.3 Å². The average Bonchev–Trinajstić information content (AvgIpc) is 2.54. The molecule has 1 aromatic carbocycles. The first-order chi connectivity index (χ1) is 10.3. The Balaban J connectivity index is 1.98. The van der Waals surface area contributed by atoms with Gasteiger partial charge in [-0.3, -0.25) is 0 Å². The summed E-state index contributed by atoms with van der Waals surface area (Å²) in [6, 6.07) is 11.8. The third-order valence-corrected chi connectivity index (χ3v) is 3.10. The lowest BCUT2D eigenvalue weighted by Gasteiger charge is -2.11. The molecule has 4 heteroatoms. The molecule has 4 nitrogen and oxygen atoms in total. The molecule has 0 saturated carbocycles. The van der Waals surface area contributed by atoms with Gasteiger partial charge in [0.05, 0.1) is 7.11 Å². The van der Waals surface area contributed by atoms with Crippen molar-refractivity contribution in [1.29, 1.82) is 0 Å². The van der Waals surface area contributed by atoms with Gasteiger partial charge >= 0.3 is 0 Å². The summed E-state index contributed by atoms with van der Waals surface area (Å²) in [5, 5.41) is 3.37. The van der Waals surface area contributed by atoms with E-state index in [1.54, 1.807) is 13.3 Å². The van der Waals surface area contributed by atoms with Crippen molar-refractivity contribution in [3.63, 3.8) is 0 Å². The summed E-state index contributed by atoms with van der Waals surface area (Å²) in [5.74, 6) is 1.52. The van der Waals surface area contributed by atoms with Crippen molar-refractivity contribution >= 4 is 0 Å². The fraction of sp³-hybridized carbons (Fsp3) is 0.353. The van der Waals surface area contributed by atoms with Gasteiger partial charge in [0.15, 0.2) is 0 Å². The summed E-state index contributed by atoms with van der Waals surface area (Å²) in [6.45, 7) is 4.39. The second-order valence-electron chi connectivity index (χ2n) is 4.78. The number of pyridine rings is 1. The van der Waals surface area contributed by atoms with Gasteiger partial charge in [0.25, 0.3) is 0 Å². The number of aromatic nitrogens is 1. The molecule has 112 valence electrons. The smallest absolute Gasteiger partial charge is 0.218 e. The van der Waals surface area contributed by atoms with Crippen LogP contribution in [-0.2, 0) is 13.2 Å². The summed E-state index contributed by atoms with van der Waals surface area (Å²) in [5.41, 5.74) is 2.14. The molecule has 0 aliphatic heterocycles. The van der Waals surface area contributed by atoms with Crippen LogP contribution < -0.4 is 14.8 Å². The highest BCUT2D eigenvalue weighted by Gasteiger charge is 2.05. The Morgan fingerprint density at radius 1 is 1.19 bits per heavy atom. The maximum atomic E-state index is 5.85. The first-order valence-electron chi connectivity index (χ1n) is 7.24. The fourth-order valence-electron chi connectivity index (χ4n) is 2.00. The zero-order valence-corrected chi connectivity index (χ0v) is 12.6. The predicted molar refractivity (Wildman–Crippen MR) is 83.6 cm³/mol. The lowest BCUT2D eigenvalue weighted by atomic mass is 10.2. The second-order valence-corrected chi connectivity index (χ2v) is 4.78. The van der Waals surface area contributed by atoms with Crippen molar-refractivity contribution < 1.29 is 9.47 Å². The molecule has 1 heterocycles. The van der Waals surface area contributed by atoms with Crippen LogP contribution >= 0.6 is 0 Å². The standard InChI is InChI=1S/C17H22N2O2/c1-3-9-18-12-15-7-5-10-19-17(15)21-13-14-6-4-8-16(11-14)20-2/h4-8,10-11,18H,3,9,12-13H2,1-2H3. The minimum Gasteiger partial charge on any atom is -0.497 e. The third kappa shape index (κ3) is 4.76. The number of rotatable bonds is 8.